The van der Waals surface area contributed by atoms with Gasteiger partial charge in [-0.05, 0) is 36.8 Å². The van der Waals surface area contributed by atoms with E-state index in [4.69, 9.17) is 0 Å². The third kappa shape index (κ3) is 3.43. The van der Waals surface area contributed by atoms with Crippen molar-refractivity contribution in [3.8, 4) is 0 Å². The molecule has 0 aliphatic heterocycles. The van der Waals surface area contributed by atoms with Crippen molar-refractivity contribution in [2.45, 2.75) is 6.92 Å². The molecule has 108 valence electrons. The lowest BCUT2D eigenvalue weighted by atomic mass is 10.1. The van der Waals surface area contributed by atoms with Crippen LogP contribution in [-0.2, 0) is 0 Å². The highest BCUT2D eigenvalue weighted by Gasteiger charge is 2.17. The van der Waals surface area contributed by atoms with Gasteiger partial charge in [0, 0.05) is 21.8 Å². The first-order valence-electron chi connectivity index (χ1n) is 5.90. The van der Waals surface area contributed by atoms with Crippen molar-refractivity contribution in [3.63, 3.8) is 0 Å². The van der Waals surface area contributed by atoms with Crippen molar-refractivity contribution in [1.29, 1.82) is 0 Å². The Hall–Kier alpha value is -2.28. The van der Waals surface area contributed by atoms with E-state index in [1.165, 1.54) is 6.07 Å². The molecule has 0 aromatic heterocycles. The number of halogens is 2. The molecule has 0 radical (unpaired) electrons. The topological polar surface area (TPSA) is 72.2 Å². The molecule has 0 aliphatic rings. The van der Waals surface area contributed by atoms with Crippen LogP contribution in [0.5, 0.6) is 0 Å². The number of hydrogen-bond acceptors (Lipinski definition) is 3. The highest BCUT2D eigenvalue weighted by atomic mass is 79.9. The van der Waals surface area contributed by atoms with E-state index in [1.54, 1.807) is 12.1 Å². The van der Waals surface area contributed by atoms with Gasteiger partial charge in [-0.25, -0.2) is 0 Å². The predicted molar refractivity (Wildman–Crippen MR) is 79.9 cm³/mol. The van der Waals surface area contributed by atoms with Gasteiger partial charge in [0.15, 0.2) is 0 Å². The second kappa shape index (κ2) is 6.01. The van der Waals surface area contributed by atoms with Crippen LogP contribution in [-0.4, -0.2) is 10.8 Å². The molecule has 1 N–H and O–H groups in total. The summed E-state index contributed by atoms with van der Waals surface area (Å²) in [4.78, 5) is 21.8. The Morgan fingerprint density at radius 1 is 1.29 bits per heavy atom. The Kier molecular flexibility index (Phi) is 4.32. The lowest BCUT2D eigenvalue weighted by Crippen LogP contribution is -2.12. The standard InChI is InChI=1S/C14H10BrFN2O3/c1-8-2-4-10(7-11(8)15)17-14(19)9-3-5-12(16)13(6-9)18(20)21/h2-7H,1H3,(H,17,19). The molecule has 7 heteroatoms. The Morgan fingerprint density at radius 3 is 2.62 bits per heavy atom. The number of carbonyl (C=O) groups is 1. The quantitative estimate of drug-likeness (QED) is 0.668. The van der Waals surface area contributed by atoms with Gasteiger partial charge in [-0.15, -0.1) is 0 Å². The number of nitro groups is 1. The van der Waals surface area contributed by atoms with E-state index in [-0.39, 0.29) is 5.56 Å². The lowest BCUT2D eigenvalue weighted by Gasteiger charge is -2.07. The number of amides is 1. The molecule has 0 aliphatic carbocycles. The van der Waals surface area contributed by atoms with Crippen molar-refractivity contribution >= 4 is 33.2 Å². The van der Waals surface area contributed by atoms with Gasteiger partial charge >= 0.3 is 5.69 Å². The average molecular weight is 353 g/mol. The largest absolute Gasteiger partial charge is 0.322 e. The first kappa shape index (κ1) is 15.1. The van der Waals surface area contributed by atoms with E-state index in [2.05, 4.69) is 21.2 Å². The van der Waals surface area contributed by atoms with Gasteiger partial charge in [0.1, 0.15) is 0 Å². The molecule has 2 rings (SSSR count). The summed E-state index contributed by atoms with van der Waals surface area (Å²) in [6.45, 7) is 1.90. The van der Waals surface area contributed by atoms with E-state index in [9.17, 15) is 19.3 Å². The molecule has 2 aromatic rings. The van der Waals surface area contributed by atoms with Crippen LogP contribution in [0.15, 0.2) is 40.9 Å². The second-order valence-corrected chi connectivity index (χ2v) is 5.20. The fourth-order valence-corrected chi connectivity index (χ4v) is 2.05. The molecule has 0 saturated heterocycles. The fraction of sp³-hybridized carbons (Fsp3) is 0.0714. The average Bonchev–Trinajstić information content (AvgIpc) is 2.43. The molecular weight excluding hydrogens is 343 g/mol. The SMILES string of the molecule is Cc1ccc(NC(=O)c2ccc(F)c([N+](=O)[O-])c2)cc1Br. The van der Waals surface area contributed by atoms with Crippen molar-refractivity contribution < 1.29 is 14.1 Å². The number of nitrogens with zero attached hydrogens (tertiary/aromatic N) is 1. The number of carbonyl (C=O) groups excluding carboxylic acids is 1. The Balaban J connectivity index is 2.26. The molecular formula is C14H10BrFN2O3. The normalized spacial score (nSPS) is 10.2. The second-order valence-electron chi connectivity index (χ2n) is 4.34. The molecule has 5 nitrogen and oxygen atoms in total. The highest BCUT2D eigenvalue weighted by molar-refractivity contribution is 9.10. The van der Waals surface area contributed by atoms with Crippen LogP contribution >= 0.6 is 15.9 Å². The van der Waals surface area contributed by atoms with Gasteiger partial charge in [-0.2, -0.15) is 4.39 Å². The number of nitrogens with one attached hydrogen (secondary N) is 1. The van der Waals surface area contributed by atoms with Gasteiger partial charge in [-0.3, -0.25) is 14.9 Å². The van der Waals surface area contributed by atoms with E-state index in [0.717, 1.165) is 22.2 Å². The van der Waals surface area contributed by atoms with Gasteiger partial charge in [0.25, 0.3) is 5.91 Å². The van der Waals surface area contributed by atoms with Crippen molar-refractivity contribution in [3.05, 3.63) is 67.9 Å². The number of anilines is 1. The molecule has 0 fully saturated rings. The minimum Gasteiger partial charge on any atom is -0.322 e. The molecule has 0 atom stereocenters. The predicted octanol–water partition coefficient (Wildman–Crippen LogP) is 4.06. The maximum atomic E-state index is 13.2. The summed E-state index contributed by atoms with van der Waals surface area (Å²) in [6, 6.07) is 8.24. The summed E-state index contributed by atoms with van der Waals surface area (Å²) in [5.41, 5.74) is 0.822. The van der Waals surface area contributed by atoms with Crippen molar-refractivity contribution in [2.24, 2.45) is 0 Å². The molecule has 2 aromatic carbocycles. The molecule has 0 saturated carbocycles. The van der Waals surface area contributed by atoms with Crippen LogP contribution in [0.2, 0.25) is 0 Å². The zero-order chi connectivity index (χ0) is 15.6. The van der Waals surface area contributed by atoms with Crippen LogP contribution in [0.1, 0.15) is 15.9 Å². The maximum absolute atomic E-state index is 13.2. The van der Waals surface area contributed by atoms with E-state index in [1.807, 2.05) is 13.0 Å². The zero-order valence-electron chi connectivity index (χ0n) is 10.9. The highest BCUT2D eigenvalue weighted by Crippen LogP contribution is 2.22. The van der Waals surface area contributed by atoms with Gasteiger partial charge < -0.3 is 5.32 Å². The van der Waals surface area contributed by atoms with E-state index < -0.39 is 22.3 Å². The monoisotopic (exact) mass is 352 g/mol. The number of nitro benzene ring substituents is 1. The lowest BCUT2D eigenvalue weighted by molar-refractivity contribution is -0.387. The van der Waals surface area contributed by atoms with Gasteiger partial charge in [0.2, 0.25) is 5.82 Å². The maximum Gasteiger partial charge on any atom is 0.305 e. The Bertz CT molecular complexity index is 734. The summed E-state index contributed by atoms with van der Waals surface area (Å²) < 4.78 is 14.1. The molecule has 0 unspecified atom stereocenters. The number of rotatable bonds is 3. The summed E-state index contributed by atoms with van der Waals surface area (Å²) in [5.74, 6) is -1.52. The first-order valence-corrected chi connectivity index (χ1v) is 6.69. The minimum absolute atomic E-state index is 0.0137. The van der Waals surface area contributed by atoms with Crippen molar-refractivity contribution in [1.82, 2.24) is 0 Å². The van der Waals surface area contributed by atoms with Crippen LogP contribution in [0, 0.1) is 22.9 Å². The van der Waals surface area contributed by atoms with Crippen molar-refractivity contribution in [2.75, 3.05) is 5.32 Å². The van der Waals surface area contributed by atoms with Crippen LogP contribution < -0.4 is 5.32 Å². The van der Waals surface area contributed by atoms with Crippen LogP contribution in [0.4, 0.5) is 15.8 Å². The molecule has 0 heterocycles. The summed E-state index contributed by atoms with van der Waals surface area (Å²) in [7, 11) is 0. The third-order valence-electron chi connectivity index (χ3n) is 2.83. The van der Waals surface area contributed by atoms with Crippen LogP contribution in [0.3, 0.4) is 0 Å². The third-order valence-corrected chi connectivity index (χ3v) is 3.69. The molecule has 1 amide bonds. The Labute approximate surface area is 128 Å². The number of benzene rings is 2. The Morgan fingerprint density at radius 2 is 2.00 bits per heavy atom. The molecule has 0 spiro atoms. The zero-order valence-corrected chi connectivity index (χ0v) is 12.5. The fourth-order valence-electron chi connectivity index (χ4n) is 1.67. The van der Waals surface area contributed by atoms with E-state index >= 15 is 0 Å². The summed E-state index contributed by atoms with van der Waals surface area (Å²) >= 11 is 3.34. The summed E-state index contributed by atoms with van der Waals surface area (Å²) in [5, 5.41) is 13.3. The number of aryl methyl sites for hydroxylation is 1. The smallest absolute Gasteiger partial charge is 0.305 e. The summed E-state index contributed by atoms with van der Waals surface area (Å²) in [6.07, 6.45) is 0. The first-order chi connectivity index (χ1) is 9.88. The van der Waals surface area contributed by atoms with E-state index in [0.29, 0.717) is 5.69 Å². The minimum atomic E-state index is -0.977. The molecule has 21 heavy (non-hydrogen) atoms. The number of hydrogen-bond donors (Lipinski definition) is 1. The van der Waals surface area contributed by atoms with Gasteiger partial charge in [-0.1, -0.05) is 22.0 Å². The van der Waals surface area contributed by atoms with Gasteiger partial charge in [0.05, 0.1) is 4.92 Å². The van der Waals surface area contributed by atoms with Crippen LogP contribution in [0.25, 0.3) is 0 Å². The molecule has 0 bridgehead atoms.